The lowest BCUT2D eigenvalue weighted by molar-refractivity contribution is 0.0685. The van der Waals surface area contributed by atoms with E-state index in [4.69, 9.17) is 11.6 Å². The van der Waals surface area contributed by atoms with Gasteiger partial charge in [0.2, 0.25) is 0 Å². The van der Waals surface area contributed by atoms with Crippen molar-refractivity contribution in [3.05, 3.63) is 34.6 Å². The Hall–Kier alpha value is -0.600. The summed E-state index contributed by atoms with van der Waals surface area (Å²) < 4.78 is 13.0. The van der Waals surface area contributed by atoms with Crippen LogP contribution in [0.5, 0.6) is 0 Å². The summed E-state index contributed by atoms with van der Waals surface area (Å²) in [6, 6.07) is 4.41. The molecule has 1 aromatic rings. The van der Waals surface area contributed by atoms with Crippen molar-refractivity contribution in [3.63, 3.8) is 0 Å². The SMILES string of the molecule is CCC1CCCC(C(O)Cc2ccc(F)cc2Cl)C1. The second kappa shape index (κ2) is 6.71. The third kappa shape index (κ3) is 3.93. The highest BCUT2D eigenvalue weighted by molar-refractivity contribution is 6.31. The van der Waals surface area contributed by atoms with E-state index in [1.54, 1.807) is 6.07 Å². The summed E-state index contributed by atoms with van der Waals surface area (Å²) in [7, 11) is 0. The molecule has 19 heavy (non-hydrogen) atoms. The van der Waals surface area contributed by atoms with Crippen molar-refractivity contribution in [1.82, 2.24) is 0 Å². The molecular weight excluding hydrogens is 263 g/mol. The molecule has 0 radical (unpaired) electrons. The fraction of sp³-hybridized carbons (Fsp3) is 0.625. The highest BCUT2D eigenvalue weighted by atomic mass is 35.5. The van der Waals surface area contributed by atoms with E-state index in [-0.39, 0.29) is 11.9 Å². The van der Waals surface area contributed by atoms with Crippen LogP contribution in [0.3, 0.4) is 0 Å². The van der Waals surface area contributed by atoms with E-state index in [0.29, 0.717) is 17.4 Å². The average molecular weight is 285 g/mol. The second-order valence-electron chi connectivity index (χ2n) is 5.71. The molecule has 1 nitrogen and oxygen atoms in total. The van der Waals surface area contributed by atoms with Gasteiger partial charge in [-0.2, -0.15) is 0 Å². The highest BCUT2D eigenvalue weighted by Gasteiger charge is 2.26. The Bertz CT molecular complexity index is 421. The predicted molar refractivity (Wildman–Crippen MR) is 76.9 cm³/mol. The van der Waals surface area contributed by atoms with Gasteiger partial charge in [-0.25, -0.2) is 4.39 Å². The first-order valence-electron chi connectivity index (χ1n) is 7.22. The number of rotatable bonds is 4. The van der Waals surface area contributed by atoms with Gasteiger partial charge < -0.3 is 5.11 Å². The van der Waals surface area contributed by atoms with Gasteiger partial charge in [0, 0.05) is 11.4 Å². The summed E-state index contributed by atoms with van der Waals surface area (Å²) in [5, 5.41) is 10.8. The third-order valence-electron chi connectivity index (χ3n) is 4.39. The van der Waals surface area contributed by atoms with Crippen molar-refractivity contribution in [2.45, 2.75) is 51.6 Å². The lowest BCUT2D eigenvalue weighted by atomic mass is 9.76. The Morgan fingerprint density at radius 1 is 1.42 bits per heavy atom. The van der Waals surface area contributed by atoms with E-state index in [1.165, 1.54) is 31.4 Å². The summed E-state index contributed by atoms with van der Waals surface area (Å²) in [5.74, 6) is 0.781. The molecule has 1 fully saturated rings. The molecule has 3 heteroatoms. The maximum absolute atomic E-state index is 13.0. The van der Waals surface area contributed by atoms with E-state index in [2.05, 4.69) is 6.92 Å². The third-order valence-corrected chi connectivity index (χ3v) is 4.74. The zero-order valence-corrected chi connectivity index (χ0v) is 12.2. The molecule has 1 aliphatic rings. The fourth-order valence-corrected chi connectivity index (χ4v) is 3.38. The zero-order chi connectivity index (χ0) is 13.8. The van der Waals surface area contributed by atoms with Crippen LogP contribution in [0.4, 0.5) is 4.39 Å². The van der Waals surface area contributed by atoms with Gasteiger partial charge in [-0.05, 0) is 42.4 Å². The number of hydrogen-bond acceptors (Lipinski definition) is 1. The second-order valence-corrected chi connectivity index (χ2v) is 6.12. The summed E-state index contributed by atoms with van der Waals surface area (Å²) in [6.45, 7) is 2.22. The zero-order valence-electron chi connectivity index (χ0n) is 11.4. The van der Waals surface area contributed by atoms with Gasteiger partial charge in [-0.1, -0.05) is 43.9 Å². The summed E-state index contributed by atoms with van der Waals surface area (Å²) in [6.07, 6.45) is 6.06. The molecule has 106 valence electrons. The van der Waals surface area contributed by atoms with Crippen LogP contribution in [0.2, 0.25) is 5.02 Å². The standard InChI is InChI=1S/C16H22ClFO/c1-2-11-4-3-5-13(8-11)16(19)9-12-6-7-14(18)10-15(12)17/h6-7,10-11,13,16,19H,2-5,8-9H2,1H3. The first-order chi connectivity index (χ1) is 9.10. The number of hydrogen-bond donors (Lipinski definition) is 1. The number of aliphatic hydroxyl groups is 1. The van der Waals surface area contributed by atoms with Crippen molar-refractivity contribution in [2.75, 3.05) is 0 Å². The molecule has 1 saturated carbocycles. The van der Waals surface area contributed by atoms with E-state index in [1.807, 2.05) is 0 Å². The predicted octanol–water partition coefficient (Wildman–Crippen LogP) is 4.60. The Balaban J connectivity index is 1.98. The molecule has 1 aromatic carbocycles. The lowest BCUT2D eigenvalue weighted by Gasteiger charge is -2.32. The van der Waals surface area contributed by atoms with Gasteiger partial charge in [0.05, 0.1) is 6.10 Å². The Morgan fingerprint density at radius 2 is 2.21 bits per heavy atom. The van der Waals surface area contributed by atoms with Crippen LogP contribution < -0.4 is 0 Å². The molecule has 1 N–H and O–H groups in total. The smallest absolute Gasteiger partial charge is 0.124 e. The quantitative estimate of drug-likeness (QED) is 0.857. The molecule has 0 saturated heterocycles. The summed E-state index contributed by atoms with van der Waals surface area (Å²) >= 11 is 6.02. The van der Waals surface area contributed by atoms with E-state index in [0.717, 1.165) is 24.3 Å². The van der Waals surface area contributed by atoms with E-state index in [9.17, 15) is 9.50 Å². The molecule has 3 atom stereocenters. The minimum atomic E-state index is -0.364. The van der Waals surface area contributed by atoms with Crippen molar-refractivity contribution in [2.24, 2.45) is 11.8 Å². The van der Waals surface area contributed by atoms with Crippen LogP contribution in [-0.2, 0) is 6.42 Å². The van der Waals surface area contributed by atoms with Crippen LogP contribution in [0.1, 0.15) is 44.6 Å². The van der Waals surface area contributed by atoms with Crippen LogP contribution in [0.15, 0.2) is 18.2 Å². The van der Waals surface area contributed by atoms with Gasteiger partial charge in [0.25, 0.3) is 0 Å². The van der Waals surface area contributed by atoms with Crippen LogP contribution in [-0.4, -0.2) is 11.2 Å². The van der Waals surface area contributed by atoms with Gasteiger partial charge in [0.15, 0.2) is 0 Å². The normalized spacial score (nSPS) is 25.3. The molecule has 3 unspecified atom stereocenters. The van der Waals surface area contributed by atoms with Crippen molar-refractivity contribution < 1.29 is 9.50 Å². The highest BCUT2D eigenvalue weighted by Crippen LogP contribution is 2.34. The van der Waals surface area contributed by atoms with E-state index < -0.39 is 0 Å². The Labute approximate surface area is 119 Å². The van der Waals surface area contributed by atoms with Gasteiger partial charge in [0.1, 0.15) is 5.82 Å². The topological polar surface area (TPSA) is 20.2 Å². The number of halogens is 2. The van der Waals surface area contributed by atoms with Crippen LogP contribution in [0.25, 0.3) is 0 Å². The first kappa shape index (κ1) is 14.8. The van der Waals surface area contributed by atoms with Gasteiger partial charge in [-0.15, -0.1) is 0 Å². The molecule has 2 rings (SSSR count). The molecule has 0 aromatic heterocycles. The molecule has 0 spiro atoms. The molecule has 0 bridgehead atoms. The molecule has 1 aliphatic carbocycles. The monoisotopic (exact) mass is 284 g/mol. The molecule has 0 heterocycles. The van der Waals surface area contributed by atoms with Gasteiger partial charge >= 0.3 is 0 Å². The van der Waals surface area contributed by atoms with Crippen LogP contribution >= 0.6 is 11.6 Å². The van der Waals surface area contributed by atoms with Gasteiger partial charge in [-0.3, -0.25) is 0 Å². The Morgan fingerprint density at radius 3 is 2.89 bits per heavy atom. The van der Waals surface area contributed by atoms with Crippen molar-refractivity contribution >= 4 is 11.6 Å². The van der Waals surface area contributed by atoms with Crippen LogP contribution in [0, 0.1) is 17.7 Å². The minimum absolute atomic E-state index is 0.327. The largest absolute Gasteiger partial charge is 0.392 e. The number of aliphatic hydroxyl groups excluding tert-OH is 1. The molecular formula is C16H22ClFO. The van der Waals surface area contributed by atoms with E-state index >= 15 is 0 Å². The fourth-order valence-electron chi connectivity index (χ4n) is 3.13. The minimum Gasteiger partial charge on any atom is -0.392 e. The van der Waals surface area contributed by atoms with Crippen molar-refractivity contribution in [3.8, 4) is 0 Å². The average Bonchev–Trinajstić information content (AvgIpc) is 2.42. The number of benzene rings is 1. The molecule has 0 amide bonds. The Kier molecular flexibility index (Phi) is 5.23. The first-order valence-corrected chi connectivity index (χ1v) is 7.60. The lowest BCUT2D eigenvalue weighted by Crippen LogP contribution is -2.28. The molecule has 0 aliphatic heterocycles. The summed E-state index contributed by atoms with van der Waals surface area (Å²) in [5.41, 5.74) is 0.842. The van der Waals surface area contributed by atoms with Crippen molar-refractivity contribution in [1.29, 1.82) is 0 Å². The summed E-state index contributed by atoms with van der Waals surface area (Å²) in [4.78, 5) is 0. The maximum Gasteiger partial charge on any atom is 0.124 e. The maximum atomic E-state index is 13.0.